The molecule has 0 aliphatic heterocycles. The number of hydrogen-bond acceptors (Lipinski definition) is 2. The van der Waals surface area contributed by atoms with Crippen LogP contribution in [0.25, 0.3) is 10.9 Å². The second kappa shape index (κ2) is 4.60. The molecular weight excluding hydrogens is 210 g/mol. The van der Waals surface area contributed by atoms with Crippen LogP contribution >= 0.6 is 0 Å². The monoisotopic (exact) mass is 227 g/mol. The van der Waals surface area contributed by atoms with Gasteiger partial charge in [-0.25, -0.2) is 0 Å². The Balaban J connectivity index is 2.05. The van der Waals surface area contributed by atoms with Crippen LogP contribution in [0, 0.1) is 16.7 Å². The van der Waals surface area contributed by atoms with Crippen molar-refractivity contribution in [2.45, 2.75) is 20.4 Å². The van der Waals surface area contributed by atoms with E-state index in [0.29, 0.717) is 6.54 Å². The van der Waals surface area contributed by atoms with Gasteiger partial charge in [0.1, 0.15) is 0 Å². The molecule has 0 spiro atoms. The molecule has 2 N–H and O–H groups in total. The molecule has 0 amide bonds. The van der Waals surface area contributed by atoms with E-state index in [1.54, 1.807) is 0 Å². The summed E-state index contributed by atoms with van der Waals surface area (Å²) >= 11 is 0. The van der Waals surface area contributed by atoms with Gasteiger partial charge in [-0.15, -0.1) is 0 Å². The smallest absolute Gasteiger partial charge is 0.0697 e. The third-order valence-corrected chi connectivity index (χ3v) is 2.86. The number of nitriles is 1. The molecule has 0 saturated heterocycles. The normalized spacial score (nSPS) is 11.6. The van der Waals surface area contributed by atoms with Crippen LogP contribution in [0.15, 0.2) is 30.5 Å². The maximum atomic E-state index is 8.93. The number of rotatable bonds is 4. The van der Waals surface area contributed by atoms with E-state index in [9.17, 15) is 0 Å². The summed E-state index contributed by atoms with van der Waals surface area (Å²) in [6.07, 6.45) is 1.95. The molecule has 0 bridgehead atoms. The van der Waals surface area contributed by atoms with Gasteiger partial charge in [0.15, 0.2) is 0 Å². The maximum Gasteiger partial charge on any atom is 0.0697 e. The zero-order valence-electron chi connectivity index (χ0n) is 10.2. The summed E-state index contributed by atoms with van der Waals surface area (Å²) in [4.78, 5) is 3.24. The Labute approximate surface area is 101 Å². The molecule has 1 aromatic carbocycles. The summed E-state index contributed by atoms with van der Waals surface area (Å²) in [6, 6.07) is 10.6. The van der Waals surface area contributed by atoms with Crippen molar-refractivity contribution in [1.29, 1.82) is 5.26 Å². The molecule has 2 aromatic rings. The summed E-state index contributed by atoms with van der Waals surface area (Å²) in [5, 5.41) is 13.5. The number of H-pyrrole nitrogens is 1. The largest absolute Gasteiger partial charge is 0.361 e. The van der Waals surface area contributed by atoms with Crippen LogP contribution in [0.3, 0.4) is 0 Å². The number of aromatic nitrogens is 1. The van der Waals surface area contributed by atoms with E-state index in [1.807, 2.05) is 20.0 Å². The van der Waals surface area contributed by atoms with Gasteiger partial charge < -0.3 is 10.3 Å². The number of hydrogen-bond donors (Lipinski definition) is 2. The first-order valence-corrected chi connectivity index (χ1v) is 5.79. The summed E-state index contributed by atoms with van der Waals surface area (Å²) < 4.78 is 0. The van der Waals surface area contributed by atoms with E-state index in [1.165, 1.54) is 16.5 Å². The predicted molar refractivity (Wildman–Crippen MR) is 69.4 cm³/mol. The third-order valence-electron chi connectivity index (χ3n) is 2.86. The molecular formula is C14H17N3. The molecule has 0 radical (unpaired) electrons. The lowest BCUT2D eigenvalue weighted by Gasteiger charge is -2.16. The average Bonchev–Trinajstić information content (AvgIpc) is 2.78. The lowest BCUT2D eigenvalue weighted by atomic mass is 9.96. The van der Waals surface area contributed by atoms with E-state index in [-0.39, 0.29) is 5.41 Å². The molecule has 0 unspecified atom stereocenters. The summed E-state index contributed by atoms with van der Waals surface area (Å²) in [5.74, 6) is 0. The Morgan fingerprint density at radius 3 is 2.94 bits per heavy atom. The number of nitrogens with zero attached hydrogens (tertiary/aromatic N) is 1. The quantitative estimate of drug-likeness (QED) is 0.843. The van der Waals surface area contributed by atoms with Crippen molar-refractivity contribution in [2.24, 2.45) is 5.41 Å². The fraction of sp³-hybridized carbons (Fsp3) is 0.357. The predicted octanol–water partition coefficient (Wildman–Crippen LogP) is 2.81. The lowest BCUT2D eigenvalue weighted by Crippen LogP contribution is -2.27. The topological polar surface area (TPSA) is 51.6 Å². The SMILES string of the molecule is CC(C)(C#N)CNCc1cccc2cc[nH]c12. The molecule has 3 nitrogen and oxygen atoms in total. The van der Waals surface area contributed by atoms with Crippen molar-refractivity contribution in [3.63, 3.8) is 0 Å². The molecule has 0 aliphatic rings. The van der Waals surface area contributed by atoms with Crippen molar-refractivity contribution < 1.29 is 0 Å². The van der Waals surface area contributed by atoms with Gasteiger partial charge in [0.2, 0.25) is 0 Å². The highest BCUT2D eigenvalue weighted by Gasteiger charge is 2.15. The Morgan fingerprint density at radius 1 is 1.35 bits per heavy atom. The number of aromatic amines is 1. The first kappa shape index (κ1) is 11.7. The lowest BCUT2D eigenvalue weighted by molar-refractivity contribution is 0.445. The zero-order valence-corrected chi connectivity index (χ0v) is 10.2. The molecule has 2 rings (SSSR count). The van der Waals surface area contributed by atoms with Crippen molar-refractivity contribution in [3.8, 4) is 6.07 Å². The van der Waals surface area contributed by atoms with E-state index >= 15 is 0 Å². The van der Waals surface area contributed by atoms with Gasteiger partial charge in [0, 0.05) is 24.8 Å². The van der Waals surface area contributed by atoms with Gasteiger partial charge in [-0.05, 0) is 30.9 Å². The van der Waals surface area contributed by atoms with Crippen molar-refractivity contribution in [1.82, 2.24) is 10.3 Å². The molecule has 88 valence electrons. The first-order chi connectivity index (χ1) is 8.12. The number of fused-ring (bicyclic) bond motifs is 1. The van der Waals surface area contributed by atoms with E-state index < -0.39 is 0 Å². The molecule has 17 heavy (non-hydrogen) atoms. The van der Waals surface area contributed by atoms with E-state index in [2.05, 4.69) is 40.6 Å². The van der Waals surface area contributed by atoms with Crippen LogP contribution in [0.5, 0.6) is 0 Å². The molecule has 0 fully saturated rings. The van der Waals surface area contributed by atoms with Crippen LogP contribution in [-0.4, -0.2) is 11.5 Å². The minimum absolute atomic E-state index is 0.316. The van der Waals surface area contributed by atoms with Crippen molar-refractivity contribution >= 4 is 10.9 Å². The molecule has 1 aromatic heterocycles. The number of benzene rings is 1. The minimum Gasteiger partial charge on any atom is -0.361 e. The average molecular weight is 227 g/mol. The van der Waals surface area contributed by atoms with Gasteiger partial charge in [0.25, 0.3) is 0 Å². The standard InChI is InChI=1S/C14H17N3/c1-14(2,9-15)10-16-8-12-5-3-4-11-6-7-17-13(11)12/h3-7,16-17H,8,10H2,1-2H3. The fourth-order valence-corrected chi connectivity index (χ4v) is 1.85. The van der Waals surface area contributed by atoms with Gasteiger partial charge in [0.05, 0.1) is 11.5 Å². The van der Waals surface area contributed by atoms with Gasteiger partial charge in [-0.2, -0.15) is 5.26 Å². The highest BCUT2D eigenvalue weighted by Crippen LogP contribution is 2.17. The van der Waals surface area contributed by atoms with E-state index in [0.717, 1.165) is 6.54 Å². The Hall–Kier alpha value is -1.79. The highest BCUT2D eigenvalue weighted by molar-refractivity contribution is 5.82. The first-order valence-electron chi connectivity index (χ1n) is 5.79. The second-order valence-electron chi connectivity index (χ2n) is 4.96. The zero-order chi connectivity index (χ0) is 12.3. The van der Waals surface area contributed by atoms with Gasteiger partial charge >= 0.3 is 0 Å². The number of nitrogens with one attached hydrogen (secondary N) is 2. The molecule has 0 atom stereocenters. The molecule has 3 heteroatoms. The molecule has 0 saturated carbocycles. The fourth-order valence-electron chi connectivity index (χ4n) is 1.85. The highest BCUT2D eigenvalue weighted by atomic mass is 14.9. The minimum atomic E-state index is -0.316. The summed E-state index contributed by atoms with van der Waals surface area (Å²) in [6.45, 7) is 5.36. The summed E-state index contributed by atoms with van der Waals surface area (Å²) in [5.41, 5.74) is 2.10. The number of para-hydroxylation sites is 1. The Kier molecular flexibility index (Phi) is 3.16. The third kappa shape index (κ3) is 2.66. The van der Waals surface area contributed by atoms with Gasteiger partial charge in [-0.3, -0.25) is 0 Å². The van der Waals surface area contributed by atoms with Crippen LogP contribution in [0.2, 0.25) is 0 Å². The van der Waals surface area contributed by atoms with Crippen molar-refractivity contribution in [3.05, 3.63) is 36.0 Å². The Morgan fingerprint density at radius 2 is 2.18 bits per heavy atom. The van der Waals surface area contributed by atoms with Crippen LogP contribution in [0.4, 0.5) is 0 Å². The molecule has 1 heterocycles. The molecule has 0 aliphatic carbocycles. The van der Waals surface area contributed by atoms with Crippen LogP contribution in [0.1, 0.15) is 19.4 Å². The van der Waals surface area contributed by atoms with Gasteiger partial charge in [-0.1, -0.05) is 18.2 Å². The van der Waals surface area contributed by atoms with Crippen LogP contribution in [-0.2, 0) is 6.54 Å². The Bertz CT molecular complexity index is 546. The maximum absolute atomic E-state index is 8.93. The second-order valence-corrected chi connectivity index (χ2v) is 4.96. The van der Waals surface area contributed by atoms with Crippen molar-refractivity contribution in [2.75, 3.05) is 6.54 Å². The van der Waals surface area contributed by atoms with Crippen LogP contribution < -0.4 is 5.32 Å². The van der Waals surface area contributed by atoms with E-state index in [4.69, 9.17) is 5.26 Å². The summed E-state index contributed by atoms with van der Waals surface area (Å²) in [7, 11) is 0.